The van der Waals surface area contributed by atoms with Gasteiger partial charge in [-0.1, -0.05) is 27.7 Å². The van der Waals surface area contributed by atoms with E-state index in [0.29, 0.717) is 65.8 Å². The highest BCUT2D eigenvalue weighted by atomic mass is 16.5. The SMILES string of the molecule is CC(C)[C@@H]([NH3+])C(=O)N1CCOCCOCCN(C(=O)[C@H]([NH3+])C(C)C)CCOCC1. The maximum absolute atomic E-state index is 12.7. The second-order valence-corrected chi connectivity index (χ2v) is 8.19. The molecule has 1 aliphatic rings. The third-order valence-electron chi connectivity index (χ3n) is 5.26. The van der Waals surface area contributed by atoms with Crippen LogP contribution in [0.5, 0.6) is 0 Å². The van der Waals surface area contributed by atoms with Gasteiger partial charge in [-0.15, -0.1) is 0 Å². The third kappa shape index (κ3) is 9.39. The number of hydrogen-bond donors (Lipinski definition) is 2. The van der Waals surface area contributed by atoms with Gasteiger partial charge in [-0.05, 0) is 0 Å². The lowest BCUT2D eigenvalue weighted by atomic mass is 10.0. The van der Waals surface area contributed by atoms with Crippen LogP contribution in [0.3, 0.4) is 0 Å². The summed E-state index contributed by atoms with van der Waals surface area (Å²) in [6.07, 6.45) is 0. The Kier molecular flexibility index (Phi) is 12.3. The predicted octanol–water partition coefficient (Wildman–Crippen LogP) is -1.76. The van der Waals surface area contributed by atoms with Crippen LogP contribution in [0.25, 0.3) is 0 Å². The summed E-state index contributed by atoms with van der Waals surface area (Å²) < 4.78 is 16.9. The Labute approximate surface area is 175 Å². The number of carbonyl (C=O) groups is 2. The Morgan fingerprint density at radius 1 is 0.621 bits per heavy atom. The number of amides is 2. The second kappa shape index (κ2) is 13.9. The summed E-state index contributed by atoms with van der Waals surface area (Å²) in [5.74, 6) is 0.374. The topological polar surface area (TPSA) is 124 Å². The molecule has 9 nitrogen and oxygen atoms in total. The maximum atomic E-state index is 12.7. The van der Waals surface area contributed by atoms with Gasteiger partial charge in [-0.3, -0.25) is 9.59 Å². The van der Waals surface area contributed by atoms with E-state index in [0.717, 1.165) is 0 Å². The molecule has 1 heterocycles. The van der Waals surface area contributed by atoms with Crippen molar-refractivity contribution in [3.05, 3.63) is 0 Å². The highest BCUT2D eigenvalue weighted by molar-refractivity contribution is 5.81. The monoisotopic (exact) mass is 418 g/mol. The first-order valence-corrected chi connectivity index (χ1v) is 10.7. The quantitative estimate of drug-likeness (QED) is 0.560. The van der Waals surface area contributed by atoms with E-state index in [9.17, 15) is 9.59 Å². The van der Waals surface area contributed by atoms with Crippen molar-refractivity contribution in [2.45, 2.75) is 39.8 Å². The van der Waals surface area contributed by atoms with Crippen LogP contribution < -0.4 is 11.5 Å². The first-order chi connectivity index (χ1) is 13.8. The van der Waals surface area contributed by atoms with Gasteiger partial charge in [0, 0.05) is 38.0 Å². The molecule has 9 heteroatoms. The molecule has 0 spiro atoms. The van der Waals surface area contributed by atoms with Gasteiger partial charge in [0.05, 0.1) is 39.6 Å². The fourth-order valence-corrected chi connectivity index (χ4v) is 2.83. The summed E-state index contributed by atoms with van der Waals surface area (Å²) in [6.45, 7) is 12.6. The van der Waals surface area contributed by atoms with E-state index in [1.807, 2.05) is 27.7 Å². The van der Waals surface area contributed by atoms with Gasteiger partial charge in [-0.2, -0.15) is 0 Å². The van der Waals surface area contributed by atoms with E-state index < -0.39 is 0 Å². The lowest BCUT2D eigenvalue weighted by molar-refractivity contribution is -0.416. The number of rotatable bonds is 4. The summed E-state index contributed by atoms with van der Waals surface area (Å²) >= 11 is 0. The van der Waals surface area contributed by atoms with Gasteiger partial charge in [-0.25, -0.2) is 0 Å². The maximum Gasteiger partial charge on any atom is 0.281 e. The van der Waals surface area contributed by atoms with Gasteiger partial charge in [0.25, 0.3) is 11.8 Å². The van der Waals surface area contributed by atoms with Crippen molar-refractivity contribution in [2.75, 3.05) is 65.8 Å². The van der Waals surface area contributed by atoms with Crippen molar-refractivity contribution in [2.24, 2.45) is 11.8 Å². The summed E-state index contributed by atoms with van der Waals surface area (Å²) in [4.78, 5) is 28.9. The molecule has 29 heavy (non-hydrogen) atoms. The van der Waals surface area contributed by atoms with Crippen LogP contribution in [0, 0.1) is 11.8 Å². The van der Waals surface area contributed by atoms with Crippen LogP contribution in [-0.4, -0.2) is 99.5 Å². The molecule has 0 radical (unpaired) electrons. The minimum absolute atomic E-state index is 0.0152. The molecule has 2 atom stereocenters. The van der Waals surface area contributed by atoms with E-state index in [4.69, 9.17) is 14.2 Å². The molecule has 0 aromatic rings. The molecule has 0 aromatic carbocycles. The molecule has 2 amide bonds. The molecule has 170 valence electrons. The number of carbonyl (C=O) groups excluding carboxylic acids is 2. The van der Waals surface area contributed by atoms with E-state index >= 15 is 0 Å². The summed E-state index contributed by atoms with van der Waals surface area (Å²) in [5, 5.41) is 0. The minimum atomic E-state index is -0.293. The lowest BCUT2D eigenvalue weighted by Gasteiger charge is -2.26. The summed E-state index contributed by atoms with van der Waals surface area (Å²) in [5.41, 5.74) is 8.00. The van der Waals surface area contributed by atoms with Crippen LogP contribution >= 0.6 is 0 Å². The van der Waals surface area contributed by atoms with E-state index in [2.05, 4.69) is 11.5 Å². The summed E-state index contributed by atoms with van der Waals surface area (Å²) in [7, 11) is 0. The zero-order valence-corrected chi connectivity index (χ0v) is 18.7. The van der Waals surface area contributed by atoms with Crippen molar-refractivity contribution in [1.29, 1.82) is 0 Å². The average Bonchev–Trinajstić information content (AvgIpc) is 2.70. The molecular formula is C20H42N4O5+2. The van der Waals surface area contributed by atoms with Gasteiger partial charge >= 0.3 is 0 Å². The Morgan fingerprint density at radius 2 is 0.897 bits per heavy atom. The Hall–Kier alpha value is -1.26. The number of quaternary nitrogens is 2. The molecule has 1 saturated heterocycles. The van der Waals surface area contributed by atoms with Crippen molar-refractivity contribution in [3.8, 4) is 0 Å². The largest absolute Gasteiger partial charge is 0.378 e. The van der Waals surface area contributed by atoms with Crippen molar-refractivity contribution in [1.82, 2.24) is 9.80 Å². The van der Waals surface area contributed by atoms with Crippen LogP contribution in [0.1, 0.15) is 27.7 Å². The molecule has 0 aromatic heterocycles. The van der Waals surface area contributed by atoms with Crippen LogP contribution in [0.4, 0.5) is 0 Å². The molecule has 1 aliphatic heterocycles. The van der Waals surface area contributed by atoms with Gasteiger partial charge in [0.15, 0.2) is 12.1 Å². The highest BCUT2D eigenvalue weighted by Gasteiger charge is 2.28. The molecule has 0 saturated carbocycles. The average molecular weight is 419 g/mol. The van der Waals surface area contributed by atoms with Crippen LogP contribution in [0.2, 0.25) is 0 Å². The standard InChI is InChI=1S/C20H40N4O5/c1-15(2)17(21)19(25)23-5-9-27-10-6-24(20(26)18(22)16(3)4)8-12-29-14-13-28-11-7-23/h15-18H,5-14,21-22H2,1-4H3/p+2/t17-,18-/m1/s1. The fraction of sp³-hybridized carbons (Fsp3) is 0.900. The number of nitrogens with zero attached hydrogens (tertiary/aromatic N) is 2. The van der Waals surface area contributed by atoms with Crippen molar-refractivity contribution < 1.29 is 35.3 Å². The molecule has 1 fully saturated rings. The van der Waals surface area contributed by atoms with Crippen LogP contribution in [-0.2, 0) is 23.8 Å². The molecule has 1 rings (SSSR count). The Balaban J connectivity index is 2.68. The van der Waals surface area contributed by atoms with Crippen molar-refractivity contribution >= 4 is 11.8 Å². The third-order valence-corrected chi connectivity index (χ3v) is 5.26. The van der Waals surface area contributed by atoms with E-state index in [-0.39, 0.29) is 35.7 Å². The zero-order valence-electron chi connectivity index (χ0n) is 18.7. The first kappa shape index (κ1) is 25.8. The Bertz CT molecular complexity index is 447. The van der Waals surface area contributed by atoms with Gasteiger partial charge in [0.1, 0.15) is 0 Å². The fourth-order valence-electron chi connectivity index (χ4n) is 2.83. The van der Waals surface area contributed by atoms with E-state index in [1.165, 1.54) is 0 Å². The number of hydrogen-bond acceptors (Lipinski definition) is 5. The predicted molar refractivity (Wildman–Crippen MR) is 109 cm³/mol. The molecule has 0 aliphatic carbocycles. The van der Waals surface area contributed by atoms with Crippen molar-refractivity contribution in [3.63, 3.8) is 0 Å². The van der Waals surface area contributed by atoms with Gasteiger partial charge < -0.3 is 35.5 Å². The molecule has 0 unspecified atom stereocenters. The summed E-state index contributed by atoms with van der Waals surface area (Å²) in [6, 6.07) is -0.586. The first-order valence-electron chi connectivity index (χ1n) is 10.7. The normalized spacial score (nSPS) is 20.8. The lowest BCUT2D eigenvalue weighted by Crippen LogP contribution is -2.70. The minimum Gasteiger partial charge on any atom is -0.378 e. The highest BCUT2D eigenvalue weighted by Crippen LogP contribution is 2.04. The van der Waals surface area contributed by atoms with Gasteiger partial charge in [0.2, 0.25) is 0 Å². The molecular weight excluding hydrogens is 376 g/mol. The molecule has 0 bridgehead atoms. The van der Waals surface area contributed by atoms with Crippen LogP contribution in [0.15, 0.2) is 0 Å². The van der Waals surface area contributed by atoms with E-state index in [1.54, 1.807) is 9.80 Å². The number of ether oxygens (including phenoxy) is 3. The zero-order chi connectivity index (χ0) is 21.8. The Morgan fingerprint density at radius 3 is 1.17 bits per heavy atom. The molecule has 6 N–H and O–H groups in total. The second-order valence-electron chi connectivity index (χ2n) is 8.19. The smallest absolute Gasteiger partial charge is 0.281 e.